The van der Waals surface area contributed by atoms with Gasteiger partial charge >= 0.3 is 0 Å². The van der Waals surface area contributed by atoms with Crippen LogP contribution in [0.25, 0.3) is 33.0 Å². The highest BCUT2D eigenvalue weighted by molar-refractivity contribution is 6.15. The van der Waals surface area contributed by atoms with Crippen molar-refractivity contribution in [3.8, 4) is 22.3 Å². The third-order valence-electron chi connectivity index (χ3n) is 3.41. The molecule has 0 bridgehead atoms. The van der Waals surface area contributed by atoms with Crippen molar-refractivity contribution in [2.24, 2.45) is 0 Å². The van der Waals surface area contributed by atoms with Gasteiger partial charge in [0, 0.05) is 0 Å². The zero-order chi connectivity index (χ0) is 10.5. The van der Waals surface area contributed by atoms with Gasteiger partial charge in [-0.25, -0.2) is 0 Å². The highest BCUT2D eigenvalue weighted by Gasteiger charge is 2.19. The zero-order valence-corrected chi connectivity index (χ0v) is 9.18. The fraction of sp³-hybridized carbons (Fsp3) is 0. The Morgan fingerprint density at radius 2 is 0.941 bits per heavy atom. The van der Waals surface area contributed by atoms with Gasteiger partial charge in [-0.05, 0) is 33.0 Å². The second kappa shape index (κ2) is 3.42. The van der Waals surface area contributed by atoms with Gasteiger partial charge in [-0.1, -0.05) is 60.7 Å². The summed E-state index contributed by atoms with van der Waals surface area (Å²) in [6.07, 6.45) is 0. The van der Waals surface area contributed by atoms with E-state index >= 15 is 0 Å². The lowest BCUT2D eigenvalue weighted by Gasteiger charge is -2.00. The summed E-state index contributed by atoms with van der Waals surface area (Å²) >= 11 is 0. The van der Waals surface area contributed by atoms with Crippen LogP contribution in [0.2, 0.25) is 0 Å². The molecule has 3 aromatic carbocycles. The summed E-state index contributed by atoms with van der Waals surface area (Å²) in [6.45, 7) is 0. The molecule has 0 aliphatic heterocycles. The number of halogens is 1. The molecule has 0 fully saturated rings. The fourth-order valence-electron chi connectivity index (χ4n) is 2.74. The quantitative estimate of drug-likeness (QED) is 0.406. The Morgan fingerprint density at radius 1 is 0.471 bits per heavy atom. The third kappa shape index (κ3) is 1.17. The van der Waals surface area contributed by atoms with Gasteiger partial charge in [-0.2, -0.15) is 0 Å². The minimum Gasteiger partial charge on any atom is -0.269 e. The summed E-state index contributed by atoms with van der Waals surface area (Å²) in [5, 5.41) is 2.75. The summed E-state index contributed by atoms with van der Waals surface area (Å²) in [7, 11) is 0. The maximum absolute atomic E-state index is 2.22. The number of fused-ring (bicyclic) bond motifs is 3. The molecule has 0 aromatic heterocycles. The number of hydrogen-bond donors (Lipinski definition) is 0. The molecular formula is C16H11F. The predicted molar refractivity (Wildman–Crippen MR) is 70.9 cm³/mol. The third-order valence-corrected chi connectivity index (χ3v) is 3.41. The summed E-state index contributed by atoms with van der Waals surface area (Å²) < 4.78 is 0. The summed E-state index contributed by atoms with van der Waals surface area (Å²) in [6, 6.07) is 21.8. The Morgan fingerprint density at radius 3 is 1.47 bits per heavy atom. The molecule has 82 valence electrons. The van der Waals surface area contributed by atoms with Crippen LogP contribution in [-0.4, -0.2) is 0 Å². The van der Waals surface area contributed by atoms with E-state index in [1.807, 2.05) is 0 Å². The van der Waals surface area contributed by atoms with Crippen molar-refractivity contribution >= 4 is 10.8 Å². The topological polar surface area (TPSA) is 0 Å². The number of benzene rings is 3. The van der Waals surface area contributed by atoms with E-state index in [0.29, 0.717) is 0 Å². The Hall–Kier alpha value is -2.15. The molecule has 0 unspecified atom stereocenters. The van der Waals surface area contributed by atoms with Crippen molar-refractivity contribution in [3.63, 3.8) is 0 Å². The molecule has 0 amide bonds. The largest absolute Gasteiger partial charge is 0.269 e. The van der Waals surface area contributed by atoms with Crippen LogP contribution in [0.4, 0.5) is 4.70 Å². The van der Waals surface area contributed by atoms with Crippen LogP contribution in [-0.2, 0) is 0 Å². The van der Waals surface area contributed by atoms with Gasteiger partial charge in [-0.3, -0.25) is 4.70 Å². The predicted octanol–water partition coefficient (Wildman–Crippen LogP) is 4.64. The molecule has 0 heterocycles. The number of hydrogen-bond acceptors (Lipinski definition) is 0. The van der Waals surface area contributed by atoms with Crippen molar-refractivity contribution in [3.05, 3.63) is 60.7 Å². The zero-order valence-electron chi connectivity index (χ0n) is 9.18. The van der Waals surface area contributed by atoms with Crippen molar-refractivity contribution in [2.75, 3.05) is 0 Å². The van der Waals surface area contributed by atoms with Crippen LogP contribution in [0.15, 0.2) is 60.7 Å². The molecule has 0 atom stereocenters. The molecular weight excluding hydrogens is 211 g/mol. The molecule has 0 saturated heterocycles. The van der Waals surface area contributed by atoms with Crippen molar-refractivity contribution in [1.29, 1.82) is 0 Å². The second-order valence-corrected chi connectivity index (χ2v) is 4.25. The van der Waals surface area contributed by atoms with Gasteiger partial charge in [0.15, 0.2) is 0 Å². The lowest BCUT2D eigenvalue weighted by Crippen LogP contribution is -1.73. The molecule has 1 aliphatic rings. The van der Waals surface area contributed by atoms with E-state index < -0.39 is 0 Å². The van der Waals surface area contributed by atoms with Crippen molar-refractivity contribution < 1.29 is 4.70 Å². The molecule has 0 spiro atoms. The highest BCUT2D eigenvalue weighted by atomic mass is 19.0. The van der Waals surface area contributed by atoms with Crippen LogP contribution in [0.1, 0.15) is 0 Å². The smallest absolute Gasteiger partial charge is 0.00264 e. The van der Waals surface area contributed by atoms with Crippen molar-refractivity contribution in [2.45, 2.75) is 0 Å². The Kier molecular flexibility index (Phi) is 2.02. The molecule has 0 nitrogen and oxygen atoms in total. The first-order valence-corrected chi connectivity index (χ1v) is 5.57. The molecule has 17 heavy (non-hydrogen) atoms. The maximum Gasteiger partial charge on any atom is -0.00264 e. The first kappa shape index (κ1) is 10.0. The van der Waals surface area contributed by atoms with Crippen LogP contribution < -0.4 is 0 Å². The monoisotopic (exact) mass is 222 g/mol. The highest BCUT2D eigenvalue weighted by Crippen LogP contribution is 2.46. The lowest BCUT2D eigenvalue weighted by molar-refractivity contribution is 1.11. The molecule has 1 heteroatoms. The molecule has 4 rings (SSSR count). The lowest BCUT2D eigenvalue weighted by atomic mass is 10.0. The van der Waals surface area contributed by atoms with Gasteiger partial charge in [0.05, 0.1) is 0 Å². The van der Waals surface area contributed by atoms with Gasteiger partial charge < -0.3 is 0 Å². The summed E-state index contributed by atoms with van der Waals surface area (Å²) in [5.41, 5.74) is 5.50. The molecule has 3 aromatic rings. The van der Waals surface area contributed by atoms with E-state index in [9.17, 15) is 0 Å². The Bertz CT molecular complexity index is 656. The standard InChI is InChI=1S/C16H10.FH/c1-2-8-13-12(7-1)14-9-3-5-11-6-4-10-15(13)16(11)14;/h1-10H;1H. The first-order valence-electron chi connectivity index (χ1n) is 5.57. The van der Waals surface area contributed by atoms with Crippen LogP contribution in [0.3, 0.4) is 0 Å². The van der Waals surface area contributed by atoms with E-state index in [-0.39, 0.29) is 4.70 Å². The Labute approximate surface area is 98.9 Å². The maximum atomic E-state index is 2.22. The van der Waals surface area contributed by atoms with Crippen LogP contribution in [0.5, 0.6) is 0 Å². The van der Waals surface area contributed by atoms with Gasteiger partial charge in [0.1, 0.15) is 0 Å². The Balaban J connectivity index is 0.000000902. The van der Waals surface area contributed by atoms with E-state index in [1.54, 1.807) is 0 Å². The molecule has 0 radical (unpaired) electrons. The molecule has 0 saturated carbocycles. The van der Waals surface area contributed by atoms with E-state index in [0.717, 1.165) is 0 Å². The average molecular weight is 222 g/mol. The fourth-order valence-corrected chi connectivity index (χ4v) is 2.74. The first-order chi connectivity index (χ1) is 7.95. The minimum absolute atomic E-state index is 0. The van der Waals surface area contributed by atoms with Crippen LogP contribution >= 0.6 is 0 Å². The number of rotatable bonds is 0. The van der Waals surface area contributed by atoms with Crippen LogP contribution in [0, 0.1) is 0 Å². The van der Waals surface area contributed by atoms with E-state index in [1.165, 1.54) is 33.0 Å². The molecule has 0 N–H and O–H groups in total. The van der Waals surface area contributed by atoms with E-state index in [2.05, 4.69) is 60.7 Å². The van der Waals surface area contributed by atoms with E-state index in [4.69, 9.17) is 0 Å². The summed E-state index contributed by atoms with van der Waals surface area (Å²) in [4.78, 5) is 0. The van der Waals surface area contributed by atoms with Gasteiger partial charge in [0.25, 0.3) is 0 Å². The molecule has 1 aliphatic carbocycles. The second-order valence-electron chi connectivity index (χ2n) is 4.25. The average Bonchev–Trinajstić information content (AvgIpc) is 2.68. The van der Waals surface area contributed by atoms with Gasteiger partial charge in [-0.15, -0.1) is 0 Å². The normalized spacial score (nSPS) is 11.1. The van der Waals surface area contributed by atoms with Gasteiger partial charge in [0.2, 0.25) is 0 Å². The SMILES string of the molecule is F.c1ccc2c(c1)-c1cccc3cccc-2c13. The van der Waals surface area contributed by atoms with Crippen molar-refractivity contribution in [1.82, 2.24) is 0 Å². The summed E-state index contributed by atoms with van der Waals surface area (Å²) in [5.74, 6) is 0. The minimum atomic E-state index is 0.